The fraction of sp³-hybridized carbons (Fsp3) is 0.211. The molecule has 1 heterocycles. The van der Waals surface area contributed by atoms with E-state index in [1.165, 1.54) is 0 Å². The van der Waals surface area contributed by atoms with Gasteiger partial charge in [-0.05, 0) is 42.3 Å². The smallest absolute Gasteiger partial charge is 0.266 e. The Morgan fingerprint density at radius 1 is 1.08 bits per heavy atom. The van der Waals surface area contributed by atoms with Crippen LogP contribution in [0.5, 0.6) is 0 Å². The van der Waals surface area contributed by atoms with Gasteiger partial charge in [0.25, 0.3) is 11.8 Å². The van der Waals surface area contributed by atoms with Crippen molar-refractivity contribution >= 4 is 17.5 Å². The molecule has 0 atom stereocenters. The van der Waals surface area contributed by atoms with Crippen LogP contribution in [-0.4, -0.2) is 29.6 Å². The van der Waals surface area contributed by atoms with Crippen molar-refractivity contribution in [3.05, 3.63) is 59.7 Å². The largest absolute Gasteiger partial charge is 0.332 e. The normalized spacial score (nSPS) is 10.5. The van der Waals surface area contributed by atoms with Crippen LogP contribution in [0.3, 0.4) is 0 Å². The zero-order valence-corrected chi connectivity index (χ0v) is 14.5. The lowest BCUT2D eigenvalue weighted by atomic mass is 10.1. The molecule has 3 aromatic rings. The van der Waals surface area contributed by atoms with Crippen LogP contribution < -0.4 is 10.2 Å². The molecule has 6 heteroatoms. The van der Waals surface area contributed by atoms with Gasteiger partial charge in [-0.3, -0.25) is 4.79 Å². The lowest BCUT2D eigenvalue weighted by Crippen LogP contribution is -2.31. The van der Waals surface area contributed by atoms with Gasteiger partial charge < -0.3 is 14.7 Å². The molecular formula is C19H20N4O2. The first kappa shape index (κ1) is 16.7. The zero-order valence-electron chi connectivity index (χ0n) is 14.5. The fourth-order valence-electron chi connectivity index (χ4n) is 2.55. The van der Waals surface area contributed by atoms with E-state index in [2.05, 4.69) is 15.5 Å². The topological polar surface area (TPSA) is 71.3 Å². The summed E-state index contributed by atoms with van der Waals surface area (Å²) in [6.45, 7) is 4.07. The van der Waals surface area contributed by atoms with E-state index in [0.717, 1.165) is 22.4 Å². The number of aromatic nitrogens is 2. The van der Waals surface area contributed by atoms with Gasteiger partial charge >= 0.3 is 0 Å². The minimum Gasteiger partial charge on any atom is -0.332 e. The van der Waals surface area contributed by atoms with Crippen molar-refractivity contribution < 1.29 is 9.32 Å². The Hall–Kier alpha value is -3.15. The number of carbonyl (C=O) groups is 1. The lowest BCUT2D eigenvalue weighted by Gasteiger charge is -2.16. The first-order valence-corrected chi connectivity index (χ1v) is 8.01. The third kappa shape index (κ3) is 3.85. The first-order chi connectivity index (χ1) is 12.0. The number of hydrogen-bond donors (Lipinski definition) is 1. The first-order valence-electron chi connectivity index (χ1n) is 8.01. The summed E-state index contributed by atoms with van der Waals surface area (Å²) in [5.41, 5.74) is 3.75. The number of amides is 1. The second-order valence-electron chi connectivity index (χ2n) is 5.94. The standard InChI is InChI=1S/C19H20N4O2/c1-13-8-7-9-14(2)17(13)20-16(24)12-23(3)19-21-18(25-22-19)15-10-5-4-6-11-15/h4-11H,12H2,1-3H3,(H,20,24). The maximum Gasteiger partial charge on any atom is 0.266 e. The minimum atomic E-state index is -0.133. The number of aryl methyl sites for hydroxylation is 2. The summed E-state index contributed by atoms with van der Waals surface area (Å²) in [7, 11) is 1.75. The number of hydrogen-bond acceptors (Lipinski definition) is 5. The Morgan fingerprint density at radius 2 is 1.76 bits per heavy atom. The number of benzene rings is 2. The fourth-order valence-corrected chi connectivity index (χ4v) is 2.55. The number of rotatable bonds is 5. The van der Waals surface area contributed by atoms with Crippen molar-refractivity contribution in [1.82, 2.24) is 10.1 Å². The van der Waals surface area contributed by atoms with Crippen LogP contribution in [0, 0.1) is 13.8 Å². The molecular weight excluding hydrogens is 316 g/mol. The van der Waals surface area contributed by atoms with E-state index in [0.29, 0.717) is 11.8 Å². The molecule has 0 unspecified atom stereocenters. The number of likely N-dealkylation sites (N-methyl/N-ethyl adjacent to an activating group) is 1. The molecule has 0 fully saturated rings. The van der Waals surface area contributed by atoms with E-state index < -0.39 is 0 Å². The molecule has 1 N–H and O–H groups in total. The van der Waals surface area contributed by atoms with Crippen molar-refractivity contribution in [2.45, 2.75) is 13.8 Å². The number of para-hydroxylation sites is 1. The predicted octanol–water partition coefficient (Wildman–Crippen LogP) is 3.43. The molecule has 0 radical (unpaired) electrons. The van der Waals surface area contributed by atoms with Gasteiger partial charge in [-0.25, -0.2) is 0 Å². The highest BCUT2D eigenvalue weighted by molar-refractivity contribution is 5.95. The van der Waals surface area contributed by atoms with Gasteiger partial charge in [-0.1, -0.05) is 36.4 Å². The molecule has 0 bridgehead atoms. The second kappa shape index (κ2) is 7.17. The number of anilines is 2. The summed E-state index contributed by atoms with van der Waals surface area (Å²) < 4.78 is 5.28. The monoisotopic (exact) mass is 336 g/mol. The average Bonchev–Trinajstić information content (AvgIpc) is 3.09. The van der Waals surface area contributed by atoms with Crippen LogP contribution in [-0.2, 0) is 4.79 Å². The van der Waals surface area contributed by atoms with Crippen LogP contribution in [0.25, 0.3) is 11.5 Å². The SMILES string of the molecule is Cc1cccc(C)c1NC(=O)CN(C)c1noc(-c2ccccc2)n1. The third-order valence-electron chi connectivity index (χ3n) is 3.90. The quantitative estimate of drug-likeness (QED) is 0.773. The summed E-state index contributed by atoms with van der Waals surface area (Å²) >= 11 is 0. The van der Waals surface area contributed by atoms with Crippen molar-refractivity contribution in [1.29, 1.82) is 0 Å². The molecule has 0 spiro atoms. The molecule has 0 aliphatic heterocycles. The van der Waals surface area contributed by atoms with Gasteiger partial charge in [0, 0.05) is 18.3 Å². The summed E-state index contributed by atoms with van der Waals surface area (Å²) in [5, 5.41) is 6.90. The van der Waals surface area contributed by atoms with E-state index in [1.807, 2.05) is 62.4 Å². The molecule has 3 rings (SSSR count). The molecule has 0 aliphatic rings. The molecule has 25 heavy (non-hydrogen) atoms. The van der Waals surface area contributed by atoms with E-state index in [4.69, 9.17) is 4.52 Å². The Balaban J connectivity index is 1.67. The van der Waals surface area contributed by atoms with Crippen LogP contribution in [0.4, 0.5) is 11.6 Å². The van der Waals surface area contributed by atoms with Gasteiger partial charge in [-0.2, -0.15) is 4.98 Å². The molecule has 0 saturated heterocycles. The lowest BCUT2D eigenvalue weighted by molar-refractivity contribution is -0.114. The Labute approximate surface area is 146 Å². The van der Waals surface area contributed by atoms with Gasteiger partial charge in [0.15, 0.2) is 0 Å². The van der Waals surface area contributed by atoms with Crippen molar-refractivity contribution in [2.75, 3.05) is 23.8 Å². The number of carbonyl (C=O) groups excluding carboxylic acids is 1. The Bertz CT molecular complexity index is 854. The average molecular weight is 336 g/mol. The van der Waals surface area contributed by atoms with Crippen molar-refractivity contribution in [2.24, 2.45) is 0 Å². The summed E-state index contributed by atoms with van der Waals surface area (Å²) in [4.78, 5) is 18.3. The minimum absolute atomic E-state index is 0.127. The molecule has 0 saturated carbocycles. The molecule has 1 aromatic heterocycles. The van der Waals surface area contributed by atoms with Gasteiger partial charge in [0.05, 0.1) is 6.54 Å². The number of nitrogens with one attached hydrogen (secondary N) is 1. The van der Waals surface area contributed by atoms with Crippen molar-refractivity contribution in [3.8, 4) is 11.5 Å². The zero-order chi connectivity index (χ0) is 17.8. The molecule has 2 aromatic carbocycles. The van der Waals surface area contributed by atoms with Gasteiger partial charge in [-0.15, -0.1) is 0 Å². The maximum atomic E-state index is 12.3. The number of nitrogens with zero attached hydrogens (tertiary/aromatic N) is 3. The second-order valence-corrected chi connectivity index (χ2v) is 5.94. The molecule has 1 amide bonds. The van der Waals surface area contributed by atoms with Crippen molar-refractivity contribution in [3.63, 3.8) is 0 Å². The highest BCUT2D eigenvalue weighted by Gasteiger charge is 2.15. The van der Waals surface area contributed by atoms with Crippen LogP contribution >= 0.6 is 0 Å². The van der Waals surface area contributed by atoms with Gasteiger partial charge in [0.2, 0.25) is 5.91 Å². The third-order valence-corrected chi connectivity index (χ3v) is 3.90. The predicted molar refractivity (Wildman–Crippen MR) is 97.5 cm³/mol. The molecule has 128 valence electrons. The maximum absolute atomic E-state index is 12.3. The van der Waals surface area contributed by atoms with E-state index in [1.54, 1.807) is 11.9 Å². The van der Waals surface area contributed by atoms with E-state index in [-0.39, 0.29) is 12.5 Å². The summed E-state index contributed by atoms with van der Waals surface area (Å²) in [6.07, 6.45) is 0. The van der Waals surface area contributed by atoms with Gasteiger partial charge in [0.1, 0.15) is 0 Å². The highest BCUT2D eigenvalue weighted by Crippen LogP contribution is 2.21. The Kier molecular flexibility index (Phi) is 4.79. The molecule has 0 aliphatic carbocycles. The van der Waals surface area contributed by atoms with Crippen LogP contribution in [0.1, 0.15) is 11.1 Å². The van der Waals surface area contributed by atoms with E-state index >= 15 is 0 Å². The summed E-state index contributed by atoms with van der Waals surface area (Å²) in [6, 6.07) is 15.4. The Morgan fingerprint density at radius 3 is 2.44 bits per heavy atom. The highest BCUT2D eigenvalue weighted by atomic mass is 16.5. The summed E-state index contributed by atoms with van der Waals surface area (Å²) in [5.74, 6) is 0.666. The van der Waals surface area contributed by atoms with Crippen LogP contribution in [0.2, 0.25) is 0 Å². The molecule has 6 nitrogen and oxygen atoms in total. The van der Waals surface area contributed by atoms with E-state index in [9.17, 15) is 4.79 Å². The van der Waals surface area contributed by atoms with Crippen LogP contribution in [0.15, 0.2) is 53.1 Å².